The van der Waals surface area contributed by atoms with Gasteiger partial charge < -0.3 is 9.64 Å². The lowest BCUT2D eigenvalue weighted by atomic mass is 9.79. The van der Waals surface area contributed by atoms with Gasteiger partial charge in [0.25, 0.3) is 0 Å². The molecule has 0 aliphatic carbocycles. The van der Waals surface area contributed by atoms with Gasteiger partial charge >= 0.3 is 0 Å². The second kappa shape index (κ2) is 6.80. The molecule has 2 saturated heterocycles. The minimum Gasteiger partial charge on any atom is -0.379 e. The van der Waals surface area contributed by atoms with Crippen LogP contribution in [0.5, 0.6) is 0 Å². The van der Waals surface area contributed by atoms with E-state index in [2.05, 4.69) is 35.2 Å². The summed E-state index contributed by atoms with van der Waals surface area (Å²) in [5.41, 5.74) is 1.45. The summed E-state index contributed by atoms with van der Waals surface area (Å²) in [6.07, 6.45) is 2.64. The van der Waals surface area contributed by atoms with E-state index in [4.69, 9.17) is 4.74 Å². The summed E-state index contributed by atoms with van der Waals surface area (Å²) < 4.78 is 5.54. The Bertz CT molecular complexity index is 489. The first-order chi connectivity index (χ1) is 10.8. The Morgan fingerprint density at radius 3 is 2.32 bits per heavy atom. The van der Waals surface area contributed by atoms with Crippen LogP contribution < -0.4 is 0 Å². The van der Waals surface area contributed by atoms with Crippen LogP contribution in [0.4, 0.5) is 0 Å². The molecule has 1 amide bonds. The number of carbonyl (C=O) groups is 1. The van der Waals surface area contributed by atoms with Gasteiger partial charge in [0.05, 0.1) is 13.2 Å². The van der Waals surface area contributed by atoms with Crippen LogP contribution in [0.3, 0.4) is 0 Å². The van der Waals surface area contributed by atoms with Crippen molar-refractivity contribution in [2.24, 2.45) is 0 Å². The number of likely N-dealkylation sites (tertiary alicyclic amines) is 1. The standard InChI is InChI=1S/C18H26N2O2/c1-2-17(21)19-10-8-18(9-11-19,16-6-4-3-5-7-16)20-12-14-22-15-13-20/h3-7H,2,8-15H2,1H3. The van der Waals surface area contributed by atoms with Gasteiger partial charge in [-0.25, -0.2) is 0 Å². The summed E-state index contributed by atoms with van der Waals surface area (Å²) in [6, 6.07) is 10.8. The van der Waals surface area contributed by atoms with Gasteiger partial charge in [-0.1, -0.05) is 37.3 Å². The molecule has 0 aromatic heterocycles. The molecule has 0 bridgehead atoms. The van der Waals surface area contributed by atoms with Crippen molar-refractivity contribution in [2.45, 2.75) is 31.7 Å². The lowest BCUT2D eigenvalue weighted by Crippen LogP contribution is -2.57. The SMILES string of the molecule is CCC(=O)N1CCC(c2ccccc2)(N2CCOCC2)CC1. The molecule has 2 heterocycles. The fourth-order valence-electron chi connectivity index (χ4n) is 3.88. The van der Waals surface area contributed by atoms with Crippen molar-refractivity contribution in [3.8, 4) is 0 Å². The van der Waals surface area contributed by atoms with E-state index in [-0.39, 0.29) is 11.4 Å². The van der Waals surface area contributed by atoms with Crippen LogP contribution in [-0.4, -0.2) is 55.1 Å². The van der Waals surface area contributed by atoms with Crippen molar-refractivity contribution < 1.29 is 9.53 Å². The van der Waals surface area contributed by atoms with Crippen molar-refractivity contribution >= 4 is 5.91 Å². The highest BCUT2D eigenvalue weighted by atomic mass is 16.5. The number of rotatable bonds is 3. The quantitative estimate of drug-likeness (QED) is 0.858. The molecule has 4 heteroatoms. The van der Waals surface area contributed by atoms with E-state index in [0.717, 1.165) is 52.2 Å². The van der Waals surface area contributed by atoms with Crippen molar-refractivity contribution in [2.75, 3.05) is 39.4 Å². The molecule has 2 fully saturated rings. The van der Waals surface area contributed by atoms with Gasteiger partial charge in [0.2, 0.25) is 5.91 Å². The van der Waals surface area contributed by atoms with Gasteiger partial charge in [0.15, 0.2) is 0 Å². The first-order valence-electron chi connectivity index (χ1n) is 8.42. The molecule has 2 aliphatic heterocycles. The summed E-state index contributed by atoms with van der Waals surface area (Å²) in [6.45, 7) is 7.26. The van der Waals surface area contributed by atoms with Crippen LogP contribution in [0.15, 0.2) is 30.3 Å². The maximum Gasteiger partial charge on any atom is 0.222 e. The summed E-state index contributed by atoms with van der Waals surface area (Å²) >= 11 is 0. The third-order valence-corrected chi connectivity index (χ3v) is 5.17. The number of ether oxygens (including phenoxy) is 1. The normalized spacial score (nSPS) is 22.5. The van der Waals surface area contributed by atoms with Gasteiger partial charge in [0.1, 0.15) is 0 Å². The second-order valence-electron chi connectivity index (χ2n) is 6.23. The molecule has 0 saturated carbocycles. The molecule has 1 aromatic carbocycles. The summed E-state index contributed by atoms with van der Waals surface area (Å²) in [4.78, 5) is 16.6. The van der Waals surface area contributed by atoms with Gasteiger partial charge in [-0.2, -0.15) is 0 Å². The Kier molecular flexibility index (Phi) is 4.79. The van der Waals surface area contributed by atoms with E-state index in [0.29, 0.717) is 6.42 Å². The molecule has 22 heavy (non-hydrogen) atoms. The van der Waals surface area contributed by atoms with Crippen LogP contribution in [-0.2, 0) is 15.1 Å². The fourth-order valence-corrected chi connectivity index (χ4v) is 3.88. The first-order valence-corrected chi connectivity index (χ1v) is 8.42. The molecule has 0 atom stereocenters. The first kappa shape index (κ1) is 15.5. The van der Waals surface area contributed by atoms with E-state index >= 15 is 0 Å². The van der Waals surface area contributed by atoms with Gasteiger partial charge in [0, 0.05) is 38.1 Å². The summed E-state index contributed by atoms with van der Waals surface area (Å²) in [5, 5.41) is 0. The number of amides is 1. The van der Waals surface area contributed by atoms with E-state index < -0.39 is 0 Å². The fraction of sp³-hybridized carbons (Fsp3) is 0.611. The molecule has 0 unspecified atom stereocenters. The number of nitrogens with zero attached hydrogens (tertiary/aromatic N) is 2. The highest BCUT2D eigenvalue weighted by Crippen LogP contribution is 2.39. The average Bonchev–Trinajstić information content (AvgIpc) is 2.62. The molecule has 3 rings (SSSR count). The second-order valence-corrected chi connectivity index (χ2v) is 6.23. The predicted molar refractivity (Wildman–Crippen MR) is 86.6 cm³/mol. The zero-order chi connectivity index (χ0) is 15.4. The topological polar surface area (TPSA) is 32.8 Å². The molecule has 0 N–H and O–H groups in total. The van der Waals surface area contributed by atoms with E-state index in [1.54, 1.807) is 0 Å². The molecule has 0 spiro atoms. The van der Waals surface area contributed by atoms with Crippen molar-refractivity contribution in [3.05, 3.63) is 35.9 Å². The van der Waals surface area contributed by atoms with Crippen molar-refractivity contribution in [1.82, 2.24) is 9.80 Å². The Balaban J connectivity index is 1.84. The number of morpholine rings is 1. The summed E-state index contributed by atoms with van der Waals surface area (Å²) in [7, 11) is 0. The summed E-state index contributed by atoms with van der Waals surface area (Å²) in [5.74, 6) is 0.281. The Labute approximate surface area is 133 Å². The van der Waals surface area contributed by atoms with Crippen LogP contribution in [0.2, 0.25) is 0 Å². The van der Waals surface area contributed by atoms with Gasteiger partial charge in [-0.3, -0.25) is 9.69 Å². The molecule has 2 aliphatic rings. The molecule has 4 nitrogen and oxygen atoms in total. The molecule has 1 aromatic rings. The molecule has 0 radical (unpaired) electrons. The lowest BCUT2D eigenvalue weighted by Gasteiger charge is -2.50. The number of carbonyl (C=O) groups excluding carboxylic acids is 1. The number of piperidine rings is 1. The highest BCUT2D eigenvalue weighted by Gasteiger charge is 2.42. The maximum absolute atomic E-state index is 12.0. The van der Waals surface area contributed by atoms with Crippen molar-refractivity contribution in [3.63, 3.8) is 0 Å². The monoisotopic (exact) mass is 302 g/mol. The molecular formula is C18H26N2O2. The van der Waals surface area contributed by atoms with Gasteiger partial charge in [-0.15, -0.1) is 0 Å². The molecule has 120 valence electrons. The van der Waals surface area contributed by atoms with Crippen LogP contribution >= 0.6 is 0 Å². The van der Waals surface area contributed by atoms with Crippen LogP contribution in [0.1, 0.15) is 31.7 Å². The third-order valence-electron chi connectivity index (χ3n) is 5.17. The van der Waals surface area contributed by atoms with Crippen LogP contribution in [0, 0.1) is 0 Å². The zero-order valence-corrected chi connectivity index (χ0v) is 13.5. The number of hydrogen-bond donors (Lipinski definition) is 0. The Morgan fingerprint density at radius 2 is 1.73 bits per heavy atom. The average molecular weight is 302 g/mol. The minimum atomic E-state index is 0.0650. The maximum atomic E-state index is 12.0. The van der Waals surface area contributed by atoms with Crippen molar-refractivity contribution in [1.29, 1.82) is 0 Å². The predicted octanol–water partition coefficient (Wildman–Crippen LogP) is 2.25. The Morgan fingerprint density at radius 1 is 1.09 bits per heavy atom. The van der Waals surface area contributed by atoms with E-state index in [9.17, 15) is 4.79 Å². The lowest BCUT2D eigenvalue weighted by molar-refractivity contribution is -0.134. The van der Waals surface area contributed by atoms with E-state index in [1.807, 2.05) is 11.8 Å². The largest absolute Gasteiger partial charge is 0.379 e. The number of hydrogen-bond acceptors (Lipinski definition) is 3. The third kappa shape index (κ3) is 2.90. The van der Waals surface area contributed by atoms with Crippen LogP contribution in [0.25, 0.3) is 0 Å². The zero-order valence-electron chi connectivity index (χ0n) is 13.5. The number of benzene rings is 1. The smallest absolute Gasteiger partial charge is 0.222 e. The Hall–Kier alpha value is -1.39. The molecular weight excluding hydrogens is 276 g/mol. The highest BCUT2D eigenvalue weighted by molar-refractivity contribution is 5.75. The minimum absolute atomic E-state index is 0.0650. The van der Waals surface area contributed by atoms with E-state index in [1.165, 1.54) is 5.56 Å². The van der Waals surface area contributed by atoms with Gasteiger partial charge in [-0.05, 0) is 18.4 Å².